The van der Waals surface area contributed by atoms with Crippen LogP contribution in [0.4, 0.5) is 0 Å². The highest BCUT2D eigenvalue weighted by Crippen LogP contribution is 2.69. The maximum absolute atomic E-state index is 10.4. The molecule has 0 spiro atoms. The van der Waals surface area contributed by atoms with E-state index in [0.717, 1.165) is 53.9 Å². The van der Waals surface area contributed by atoms with Crippen molar-refractivity contribution in [3.8, 4) is 12.1 Å². The first-order chi connectivity index (χ1) is 17.7. The molecule has 0 radical (unpaired) electrons. The third-order valence-electron chi connectivity index (χ3n) is 12.7. The van der Waals surface area contributed by atoms with Gasteiger partial charge in [-0.15, -0.1) is 0 Å². The molecule has 4 aliphatic rings. The van der Waals surface area contributed by atoms with E-state index in [1.165, 1.54) is 64.2 Å². The summed E-state index contributed by atoms with van der Waals surface area (Å²) >= 11 is 0. The molecule has 0 heterocycles. The number of nitriles is 2. The zero-order valence-corrected chi connectivity index (χ0v) is 24.2. The summed E-state index contributed by atoms with van der Waals surface area (Å²) in [5.41, 5.74) is 2.39. The Kier molecular flexibility index (Phi) is 7.29. The average Bonchev–Trinajstić information content (AvgIpc) is 3.25. The van der Waals surface area contributed by atoms with Crippen LogP contribution in [0.1, 0.15) is 123 Å². The lowest BCUT2D eigenvalue weighted by Gasteiger charge is -2.62. The maximum Gasteiger partial charge on any atom is 0.0991 e. The quantitative estimate of drug-likeness (QED) is 0.392. The summed E-state index contributed by atoms with van der Waals surface area (Å²) in [6, 6.07) is 13.0. The average molecular weight is 499 g/mol. The number of hydrogen-bond acceptors (Lipinski definition) is 2. The molecule has 0 aromatic heterocycles. The summed E-state index contributed by atoms with van der Waals surface area (Å²) in [4.78, 5) is 0. The minimum atomic E-state index is -0.377. The molecule has 200 valence electrons. The Morgan fingerprint density at radius 3 is 2.24 bits per heavy atom. The topological polar surface area (TPSA) is 47.6 Å². The van der Waals surface area contributed by atoms with E-state index >= 15 is 0 Å². The van der Waals surface area contributed by atoms with Gasteiger partial charge in [0.05, 0.1) is 23.1 Å². The Labute approximate surface area is 227 Å². The van der Waals surface area contributed by atoms with Gasteiger partial charge in [0, 0.05) is 0 Å². The molecule has 0 bridgehead atoms. The number of rotatable bonds is 6. The van der Waals surface area contributed by atoms with Crippen LogP contribution in [0.3, 0.4) is 0 Å². The summed E-state index contributed by atoms with van der Waals surface area (Å²) in [6.07, 6.45) is 15.8. The second-order valence-corrected chi connectivity index (χ2v) is 14.8. The zero-order chi connectivity index (χ0) is 26.4. The first-order valence-electron chi connectivity index (χ1n) is 15.6. The summed E-state index contributed by atoms with van der Waals surface area (Å²) in [6.45, 7) is 12.6. The van der Waals surface area contributed by atoms with Crippen molar-refractivity contribution in [3.05, 3.63) is 35.4 Å². The predicted molar refractivity (Wildman–Crippen MR) is 152 cm³/mol. The SMILES string of the molecule is CC(C)CCC[C@@H](C)[C@@H]1CC[C@@H]2[C@H]3CC[C@@H]4C[C@](C#N)(c5ccc(C#N)cc5)CC[C@@]4(C)[C@@H]3CC[C@]21C. The molecule has 5 rings (SSSR count). The van der Waals surface area contributed by atoms with Gasteiger partial charge in [0.1, 0.15) is 0 Å². The van der Waals surface area contributed by atoms with Crippen molar-refractivity contribution in [2.45, 2.75) is 117 Å². The van der Waals surface area contributed by atoms with E-state index in [2.05, 4.69) is 58.9 Å². The van der Waals surface area contributed by atoms with E-state index in [1.807, 2.05) is 12.1 Å². The Morgan fingerprint density at radius 1 is 0.838 bits per heavy atom. The van der Waals surface area contributed by atoms with Crippen LogP contribution in [0.25, 0.3) is 0 Å². The Hall–Kier alpha value is -1.80. The maximum atomic E-state index is 10.4. The fraction of sp³-hybridized carbons (Fsp3) is 0.771. The molecule has 0 saturated heterocycles. The summed E-state index contributed by atoms with van der Waals surface area (Å²) in [7, 11) is 0. The van der Waals surface area contributed by atoms with Crippen LogP contribution in [0.5, 0.6) is 0 Å². The molecule has 0 aliphatic heterocycles. The standard InChI is InChI=1S/C35H50N2/c1-24(2)7-6-8-25(3)30-15-16-31-29-14-13-28-21-35(23-37,27-11-9-26(22-36)10-12-27)20-19-33(28,4)32(29)17-18-34(30,31)5/h9-12,24-25,28-32H,6-8,13-21H2,1-5H3/t25-,28-,29-,30+,31-,32-,33-,34+,35-/m1/s1. The fourth-order valence-electron chi connectivity index (χ4n) is 10.6. The van der Waals surface area contributed by atoms with Gasteiger partial charge in [-0.25, -0.2) is 0 Å². The van der Waals surface area contributed by atoms with Crippen LogP contribution in [0.2, 0.25) is 0 Å². The monoisotopic (exact) mass is 498 g/mol. The van der Waals surface area contributed by atoms with Gasteiger partial charge in [-0.2, -0.15) is 10.5 Å². The lowest BCUT2D eigenvalue weighted by Crippen LogP contribution is -2.55. The van der Waals surface area contributed by atoms with Gasteiger partial charge < -0.3 is 0 Å². The van der Waals surface area contributed by atoms with E-state index in [9.17, 15) is 10.5 Å². The molecule has 4 fully saturated rings. The van der Waals surface area contributed by atoms with Gasteiger partial charge in [0.25, 0.3) is 0 Å². The molecule has 0 N–H and O–H groups in total. The van der Waals surface area contributed by atoms with Gasteiger partial charge in [-0.3, -0.25) is 0 Å². The van der Waals surface area contributed by atoms with Crippen LogP contribution in [0.15, 0.2) is 24.3 Å². The molecule has 4 saturated carbocycles. The van der Waals surface area contributed by atoms with Gasteiger partial charge >= 0.3 is 0 Å². The van der Waals surface area contributed by atoms with E-state index in [0.29, 0.717) is 22.3 Å². The predicted octanol–water partition coefficient (Wildman–Crippen LogP) is 9.44. The third kappa shape index (κ3) is 4.46. The zero-order valence-electron chi connectivity index (χ0n) is 24.2. The number of nitrogens with zero attached hydrogens (tertiary/aromatic N) is 2. The minimum Gasteiger partial charge on any atom is -0.197 e. The number of hydrogen-bond donors (Lipinski definition) is 0. The van der Waals surface area contributed by atoms with Crippen molar-refractivity contribution in [1.29, 1.82) is 10.5 Å². The second kappa shape index (κ2) is 10.1. The van der Waals surface area contributed by atoms with Gasteiger partial charge in [0.2, 0.25) is 0 Å². The van der Waals surface area contributed by atoms with Crippen molar-refractivity contribution >= 4 is 0 Å². The van der Waals surface area contributed by atoms with Crippen molar-refractivity contribution in [1.82, 2.24) is 0 Å². The summed E-state index contributed by atoms with van der Waals surface area (Å²) in [5.74, 6) is 5.93. The minimum absolute atomic E-state index is 0.377. The number of benzene rings is 1. The summed E-state index contributed by atoms with van der Waals surface area (Å²) in [5, 5.41) is 19.7. The fourth-order valence-corrected chi connectivity index (χ4v) is 10.6. The first-order valence-corrected chi connectivity index (χ1v) is 15.6. The molecule has 2 nitrogen and oxygen atoms in total. The van der Waals surface area contributed by atoms with Gasteiger partial charge in [-0.05, 0) is 128 Å². The van der Waals surface area contributed by atoms with Crippen molar-refractivity contribution < 1.29 is 0 Å². The lowest BCUT2D eigenvalue weighted by atomic mass is 9.42. The third-order valence-corrected chi connectivity index (χ3v) is 12.7. The van der Waals surface area contributed by atoms with Crippen LogP contribution in [-0.4, -0.2) is 0 Å². The van der Waals surface area contributed by atoms with Crippen LogP contribution < -0.4 is 0 Å². The molecular weight excluding hydrogens is 448 g/mol. The second-order valence-electron chi connectivity index (χ2n) is 14.8. The van der Waals surface area contributed by atoms with Crippen molar-refractivity contribution in [2.24, 2.45) is 52.3 Å². The Morgan fingerprint density at radius 2 is 1.57 bits per heavy atom. The van der Waals surface area contributed by atoms with Crippen molar-refractivity contribution in [3.63, 3.8) is 0 Å². The highest BCUT2D eigenvalue weighted by atomic mass is 14.7. The van der Waals surface area contributed by atoms with E-state index < -0.39 is 0 Å². The molecule has 1 aromatic carbocycles. The number of fused-ring (bicyclic) bond motifs is 5. The molecule has 0 amide bonds. The molecule has 1 aromatic rings. The van der Waals surface area contributed by atoms with Crippen molar-refractivity contribution in [2.75, 3.05) is 0 Å². The molecule has 0 unspecified atom stereocenters. The van der Waals surface area contributed by atoms with E-state index in [4.69, 9.17) is 0 Å². The molecule has 2 heteroatoms. The van der Waals surface area contributed by atoms with Gasteiger partial charge in [-0.1, -0.05) is 66.0 Å². The molecule has 9 atom stereocenters. The highest BCUT2D eigenvalue weighted by Gasteiger charge is 2.61. The largest absolute Gasteiger partial charge is 0.197 e. The molecular formula is C35H50N2. The normalized spacial score (nSPS) is 41.7. The summed E-state index contributed by atoms with van der Waals surface area (Å²) < 4.78 is 0. The van der Waals surface area contributed by atoms with Crippen LogP contribution in [0, 0.1) is 74.9 Å². The first kappa shape index (κ1) is 26.8. The van der Waals surface area contributed by atoms with Gasteiger partial charge in [0.15, 0.2) is 0 Å². The smallest absolute Gasteiger partial charge is 0.0991 e. The molecule has 4 aliphatic carbocycles. The van der Waals surface area contributed by atoms with Crippen LogP contribution in [-0.2, 0) is 5.41 Å². The van der Waals surface area contributed by atoms with E-state index in [1.54, 1.807) is 0 Å². The molecule has 37 heavy (non-hydrogen) atoms. The lowest BCUT2D eigenvalue weighted by molar-refractivity contribution is -0.121. The highest BCUT2D eigenvalue weighted by molar-refractivity contribution is 5.39. The van der Waals surface area contributed by atoms with E-state index in [-0.39, 0.29) is 5.41 Å². The Balaban J connectivity index is 1.31. The Bertz CT molecular complexity index is 1040. The van der Waals surface area contributed by atoms with Crippen LogP contribution >= 0.6 is 0 Å².